The molecule has 0 N–H and O–H groups in total. The Morgan fingerprint density at radius 3 is 2.75 bits per heavy atom. The van der Waals surface area contributed by atoms with E-state index in [1.165, 1.54) is 18.4 Å². The Hall–Kier alpha value is -1.40. The highest BCUT2D eigenvalue weighted by molar-refractivity contribution is 5.77. The molecule has 1 amide bonds. The number of amides is 1. The molecule has 1 spiro atoms. The second-order valence-electron chi connectivity index (χ2n) is 7.29. The third-order valence-electron chi connectivity index (χ3n) is 5.65. The third kappa shape index (κ3) is 3.98. The fourth-order valence-electron chi connectivity index (χ4n) is 4.02. The molecule has 0 aromatic carbocycles. The number of hydrogen-bond donors (Lipinski definition) is 0. The summed E-state index contributed by atoms with van der Waals surface area (Å²) in [5, 5.41) is 4.36. The average Bonchev–Trinajstić information content (AvgIpc) is 3.06. The van der Waals surface area contributed by atoms with E-state index in [4.69, 9.17) is 4.74 Å². The van der Waals surface area contributed by atoms with Crippen LogP contribution in [0, 0.1) is 5.41 Å². The number of aryl methyl sites for hydroxylation is 1. The molecule has 2 aliphatic heterocycles. The number of carbonyl (C=O) groups is 1. The van der Waals surface area contributed by atoms with Crippen molar-refractivity contribution in [1.29, 1.82) is 0 Å². The Morgan fingerprint density at radius 1 is 1.29 bits per heavy atom. The quantitative estimate of drug-likeness (QED) is 0.795. The van der Waals surface area contributed by atoms with Crippen LogP contribution < -0.4 is 0 Å². The predicted octanol–water partition coefficient (Wildman–Crippen LogP) is 1.75. The zero-order valence-corrected chi connectivity index (χ0v) is 15.0. The monoisotopic (exact) mass is 334 g/mol. The highest BCUT2D eigenvalue weighted by atomic mass is 16.5. The van der Waals surface area contributed by atoms with Crippen molar-refractivity contribution < 1.29 is 9.53 Å². The molecular formula is C18H30N4O2. The molecule has 1 aromatic heterocycles. The molecule has 24 heavy (non-hydrogen) atoms. The number of rotatable bonds is 6. The number of piperidine rings is 2. The highest BCUT2D eigenvalue weighted by Gasteiger charge is 2.40. The minimum Gasteiger partial charge on any atom is -0.383 e. The minimum absolute atomic E-state index is 0.298. The molecule has 2 aliphatic rings. The van der Waals surface area contributed by atoms with Crippen LogP contribution in [0.2, 0.25) is 0 Å². The van der Waals surface area contributed by atoms with Gasteiger partial charge < -0.3 is 9.64 Å². The van der Waals surface area contributed by atoms with Crippen molar-refractivity contribution >= 4 is 5.91 Å². The van der Waals surface area contributed by atoms with Gasteiger partial charge in [-0.1, -0.05) is 0 Å². The summed E-state index contributed by atoms with van der Waals surface area (Å²) in [5.74, 6) is 0.298. The maximum Gasteiger partial charge on any atom is 0.222 e. The van der Waals surface area contributed by atoms with Gasteiger partial charge in [-0.2, -0.15) is 5.10 Å². The smallest absolute Gasteiger partial charge is 0.222 e. The Labute approximate surface area is 144 Å². The number of methoxy groups -OCH3 is 1. The van der Waals surface area contributed by atoms with Gasteiger partial charge in [-0.25, -0.2) is 0 Å². The number of nitrogens with zero attached hydrogens (tertiary/aromatic N) is 4. The van der Waals surface area contributed by atoms with Crippen LogP contribution in [-0.2, 0) is 22.6 Å². The number of hydrogen-bond acceptors (Lipinski definition) is 4. The first-order valence-electron chi connectivity index (χ1n) is 9.14. The van der Waals surface area contributed by atoms with Crippen molar-refractivity contribution in [2.24, 2.45) is 5.41 Å². The van der Waals surface area contributed by atoms with Crippen LogP contribution in [0.15, 0.2) is 12.4 Å². The standard InChI is InChI=1S/C18H30N4O2/c1-3-22-14-16(12-19-22)13-20-8-6-18(7-9-20)5-4-17(23)21(15-18)10-11-24-2/h12,14H,3-11,13,15H2,1-2H3. The second kappa shape index (κ2) is 7.66. The van der Waals surface area contributed by atoms with E-state index in [9.17, 15) is 4.79 Å². The van der Waals surface area contributed by atoms with E-state index < -0.39 is 0 Å². The lowest BCUT2D eigenvalue weighted by atomic mass is 9.72. The second-order valence-corrected chi connectivity index (χ2v) is 7.29. The normalized spacial score (nSPS) is 21.6. The van der Waals surface area contributed by atoms with Crippen LogP contribution in [0.25, 0.3) is 0 Å². The van der Waals surface area contributed by atoms with E-state index in [0.29, 0.717) is 24.3 Å². The van der Waals surface area contributed by atoms with Gasteiger partial charge in [0.25, 0.3) is 0 Å². The van der Waals surface area contributed by atoms with E-state index in [2.05, 4.69) is 23.1 Å². The molecule has 1 aromatic rings. The SMILES string of the molecule is CCn1cc(CN2CCC3(CCC(=O)N(CCOC)C3)CC2)cn1. The molecule has 0 aliphatic carbocycles. The molecule has 6 heteroatoms. The molecule has 2 fully saturated rings. The van der Waals surface area contributed by atoms with Gasteiger partial charge in [0.2, 0.25) is 5.91 Å². The van der Waals surface area contributed by atoms with E-state index in [1.807, 2.05) is 15.8 Å². The first-order valence-corrected chi connectivity index (χ1v) is 9.14. The van der Waals surface area contributed by atoms with Gasteiger partial charge in [0, 0.05) is 51.5 Å². The summed E-state index contributed by atoms with van der Waals surface area (Å²) in [4.78, 5) is 16.7. The number of aromatic nitrogens is 2. The van der Waals surface area contributed by atoms with Gasteiger partial charge in [0.1, 0.15) is 0 Å². The predicted molar refractivity (Wildman–Crippen MR) is 92.5 cm³/mol. The summed E-state index contributed by atoms with van der Waals surface area (Å²) in [7, 11) is 1.70. The zero-order chi connectivity index (χ0) is 17.0. The van der Waals surface area contributed by atoms with E-state index >= 15 is 0 Å². The van der Waals surface area contributed by atoms with Gasteiger partial charge >= 0.3 is 0 Å². The van der Waals surface area contributed by atoms with Gasteiger partial charge in [-0.05, 0) is 44.7 Å². The lowest BCUT2D eigenvalue weighted by Crippen LogP contribution is -2.52. The maximum atomic E-state index is 12.1. The largest absolute Gasteiger partial charge is 0.383 e. The molecule has 3 rings (SSSR count). The van der Waals surface area contributed by atoms with Crippen molar-refractivity contribution in [2.45, 2.75) is 45.7 Å². The lowest BCUT2D eigenvalue weighted by molar-refractivity contribution is -0.139. The Bertz CT molecular complexity index is 549. The first-order chi connectivity index (χ1) is 11.6. The van der Waals surface area contributed by atoms with Crippen molar-refractivity contribution in [2.75, 3.05) is 39.9 Å². The van der Waals surface area contributed by atoms with Crippen LogP contribution >= 0.6 is 0 Å². The average molecular weight is 334 g/mol. The molecular weight excluding hydrogens is 304 g/mol. The van der Waals surface area contributed by atoms with Gasteiger partial charge in [0.15, 0.2) is 0 Å². The summed E-state index contributed by atoms with van der Waals surface area (Å²) in [5.41, 5.74) is 1.62. The zero-order valence-electron chi connectivity index (χ0n) is 15.0. The molecule has 0 unspecified atom stereocenters. The summed E-state index contributed by atoms with van der Waals surface area (Å²) < 4.78 is 7.14. The van der Waals surface area contributed by atoms with Crippen LogP contribution in [0.3, 0.4) is 0 Å². The fourth-order valence-corrected chi connectivity index (χ4v) is 4.02. The van der Waals surface area contributed by atoms with E-state index in [0.717, 1.165) is 45.7 Å². The third-order valence-corrected chi connectivity index (χ3v) is 5.65. The lowest BCUT2D eigenvalue weighted by Gasteiger charge is -2.47. The summed E-state index contributed by atoms with van der Waals surface area (Å²) >= 11 is 0. The van der Waals surface area contributed by atoms with Crippen LogP contribution in [0.4, 0.5) is 0 Å². The van der Waals surface area contributed by atoms with E-state index in [1.54, 1.807) is 7.11 Å². The van der Waals surface area contributed by atoms with Crippen molar-refractivity contribution in [3.63, 3.8) is 0 Å². The first kappa shape index (κ1) is 17.4. The molecule has 0 radical (unpaired) electrons. The maximum absolute atomic E-state index is 12.1. The number of ether oxygens (including phenoxy) is 1. The Kier molecular flexibility index (Phi) is 5.56. The van der Waals surface area contributed by atoms with E-state index in [-0.39, 0.29) is 0 Å². The molecule has 3 heterocycles. The molecule has 134 valence electrons. The summed E-state index contributed by atoms with van der Waals surface area (Å²) in [6, 6.07) is 0. The summed E-state index contributed by atoms with van der Waals surface area (Å²) in [6.45, 7) is 8.54. The topological polar surface area (TPSA) is 50.6 Å². The summed E-state index contributed by atoms with van der Waals surface area (Å²) in [6.07, 6.45) is 8.26. The molecule has 0 atom stereocenters. The number of likely N-dealkylation sites (tertiary alicyclic amines) is 2. The van der Waals surface area contributed by atoms with Crippen LogP contribution in [0.5, 0.6) is 0 Å². The molecule has 6 nitrogen and oxygen atoms in total. The Morgan fingerprint density at radius 2 is 2.08 bits per heavy atom. The molecule has 0 bridgehead atoms. The highest BCUT2D eigenvalue weighted by Crippen LogP contribution is 2.40. The molecule has 0 saturated carbocycles. The van der Waals surface area contributed by atoms with Crippen LogP contribution in [-0.4, -0.2) is 65.4 Å². The van der Waals surface area contributed by atoms with Crippen LogP contribution in [0.1, 0.15) is 38.2 Å². The van der Waals surface area contributed by atoms with Crippen molar-refractivity contribution in [3.05, 3.63) is 18.0 Å². The van der Waals surface area contributed by atoms with Crippen molar-refractivity contribution in [3.8, 4) is 0 Å². The van der Waals surface area contributed by atoms with Gasteiger partial charge in [-0.15, -0.1) is 0 Å². The Balaban J connectivity index is 1.52. The fraction of sp³-hybridized carbons (Fsp3) is 0.778. The van der Waals surface area contributed by atoms with Crippen molar-refractivity contribution in [1.82, 2.24) is 19.6 Å². The minimum atomic E-state index is 0.298. The number of carbonyl (C=O) groups excluding carboxylic acids is 1. The van der Waals surface area contributed by atoms with Gasteiger partial charge in [-0.3, -0.25) is 14.4 Å². The van der Waals surface area contributed by atoms with Gasteiger partial charge in [0.05, 0.1) is 12.8 Å². The molecule has 2 saturated heterocycles.